The standard InChI is InChI=1S/C18H27NO2/c1-17-10-9-15(19-3)16(20)18(2,21-17)12-14(11-17)13-7-5-4-6-8-13/h4-8,14-16,19-20H,9-12H2,1-3H3/t14-,15+,16-,17-,18+/m0/s1. The maximum absolute atomic E-state index is 10.8. The molecule has 0 aliphatic carbocycles. The molecule has 0 unspecified atom stereocenters. The van der Waals surface area contributed by atoms with Crippen LogP contribution in [0, 0.1) is 0 Å². The molecule has 2 saturated heterocycles. The lowest BCUT2D eigenvalue weighted by atomic mass is 9.74. The number of likely N-dealkylation sites (N-methyl/N-ethyl adjacent to an activating group) is 1. The summed E-state index contributed by atoms with van der Waals surface area (Å²) in [6.07, 6.45) is 3.41. The van der Waals surface area contributed by atoms with Gasteiger partial charge in [-0.3, -0.25) is 0 Å². The van der Waals surface area contributed by atoms with Gasteiger partial charge in [0.05, 0.1) is 17.3 Å². The fourth-order valence-corrected chi connectivity index (χ4v) is 4.37. The van der Waals surface area contributed by atoms with E-state index in [4.69, 9.17) is 4.74 Å². The second-order valence-corrected chi connectivity index (χ2v) is 7.26. The lowest BCUT2D eigenvalue weighted by Crippen LogP contribution is -2.56. The number of hydrogen-bond acceptors (Lipinski definition) is 3. The monoisotopic (exact) mass is 289 g/mol. The molecular formula is C18H27NO2. The Kier molecular flexibility index (Phi) is 3.85. The summed E-state index contributed by atoms with van der Waals surface area (Å²) in [7, 11) is 1.93. The highest BCUT2D eigenvalue weighted by atomic mass is 16.5. The fraction of sp³-hybridized carbons (Fsp3) is 0.667. The molecule has 2 aliphatic rings. The maximum atomic E-state index is 10.8. The van der Waals surface area contributed by atoms with E-state index in [0.29, 0.717) is 5.92 Å². The third-order valence-corrected chi connectivity index (χ3v) is 5.44. The van der Waals surface area contributed by atoms with Gasteiger partial charge in [-0.15, -0.1) is 0 Å². The number of rotatable bonds is 2. The molecule has 3 heteroatoms. The Bertz CT molecular complexity index is 491. The van der Waals surface area contributed by atoms with Gasteiger partial charge in [-0.2, -0.15) is 0 Å². The van der Waals surface area contributed by atoms with Crippen LogP contribution in [0.1, 0.15) is 51.0 Å². The van der Waals surface area contributed by atoms with E-state index in [9.17, 15) is 5.11 Å². The average molecular weight is 289 g/mol. The number of benzene rings is 1. The SMILES string of the molecule is CN[C@@H]1CC[C@@]2(C)C[C@H](c3ccccc3)C[C@@](C)(O2)[C@H]1O. The van der Waals surface area contributed by atoms with Crippen molar-refractivity contribution in [2.24, 2.45) is 0 Å². The predicted octanol–water partition coefficient (Wildman–Crippen LogP) is 2.84. The molecule has 21 heavy (non-hydrogen) atoms. The van der Waals surface area contributed by atoms with Gasteiger partial charge >= 0.3 is 0 Å². The second kappa shape index (κ2) is 5.38. The second-order valence-electron chi connectivity index (χ2n) is 7.26. The Hall–Kier alpha value is -0.900. The van der Waals surface area contributed by atoms with Gasteiger partial charge in [0.1, 0.15) is 0 Å². The highest BCUT2D eigenvalue weighted by Gasteiger charge is 2.52. The molecule has 2 heterocycles. The van der Waals surface area contributed by atoms with E-state index in [2.05, 4.69) is 49.5 Å². The number of aliphatic hydroxyl groups excluding tert-OH is 1. The highest BCUT2D eigenvalue weighted by Crippen LogP contribution is 2.49. The van der Waals surface area contributed by atoms with Crippen molar-refractivity contribution >= 4 is 0 Å². The molecule has 2 N–H and O–H groups in total. The summed E-state index contributed by atoms with van der Waals surface area (Å²) in [5.41, 5.74) is 0.756. The van der Waals surface area contributed by atoms with Crippen molar-refractivity contribution in [3.8, 4) is 0 Å². The fourth-order valence-electron chi connectivity index (χ4n) is 4.37. The van der Waals surface area contributed by atoms with E-state index >= 15 is 0 Å². The van der Waals surface area contributed by atoms with Gasteiger partial charge in [-0.1, -0.05) is 30.3 Å². The Labute approximate surface area is 127 Å². The molecule has 1 aromatic carbocycles. The number of hydrogen-bond donors (Lipinski definition) is 2. The van der Waals surface area contributed by atoms with Gasteiger partial charge in [-0.05, 0) is 58.1 Å². The predicted molar refractivity (Wildman–Crippen MR) is 84.4 cm³/mol. The molecule has 0 amide bonds. The number of ether oxygens (including phenoxy) is 1. The van der Waals surface area contributed by atoms with Crippen molar-refractivity contribution in [3.63, 3.8) is 0 Å². The van der Waals surface area contributed by atoms with Crippen LogP contribution in [0.2, 0.25) is 0 Å². The molecule has 0 spiro atoms. The normalized spacial score (nSPS) is 43.3. The van der Waals surface area contributed by atoms with Gasteiger partial charge in [0, 0.05) is 6.04 Å². The summed E-state index contributed by atoms with van der Waals surface area (Å²) < 4.78 is 6.43. The smallest absolute Gasteiger partial charge is 0.0979 e. The quantitative estimate of drug-likeness (QED) is 0.879. The minimum absolute atomic E-state index is 0.117. The average Bonchev–Trinajstić information content (AvgIpc) is 2.53. The molecule has 116 valence electrons. The van der Waals surface area contributed by atoms with E-state index < -0.39 is 11.7 Å². The van der Waals surface area contributed by atoms with Crippen LogP contribution in [0.15, 0.2) is 30.3 Å². The molecule has 2 bridgehead atoms. The zero-order chi connectivity index (χ0) is 15.1. The Balaban J connectivity index is 1.94. The van der Waals surface area contributed by atoms with Crippen LogP contribution >= 0.6 is 0 Å². The molecule has 2 aliphatic heterocycles. The summed E-state index contributed by atoms with van der Waals surface area (Å²) in [4.78, 5) is 0. The Morgan fingerprint density at radius 1 is 1.19 bits per heavy atom. The highest BCUT2D eigenvalue weighted by molar-refractivity contribution is 5.23. The maximum Gasteiger partial charge on any atom is 0.0979 e. The van der Waals surface area contributed by atoms with E-state index in [-0.39, 0.29) is 11.6 Å². The molecule has 0 radical (unpaired) electrons. The Morgan fingerprint density at radius 2 is 1.90 bits per heavy atom. The lowest BCUT2D eigenvalue weighted by Gasteiger charge is -2.49. The van der Waals surface area contributed by atoms with Crippen molar-refractivity contribution in [2.45, 2.75) is 68.8 Å². The van der Waals surface area contributed by atoms with Crippen LogP contribution in [0.25, 0.3) is 0 Å². The first kappa shape index (κ1) is 15.0. The van der Waals surface area contributed by atoms with E-state index in [1.54, 1.807) is 0 Å². The van der Waals surface area contributed by atoms with E-state index in [1.165, 1.54) is 5.56 Å². The topological polar surface area (TPSA) is 41.5 Å². The van der Waals surface area contributed by atoms with Crippen molar-refractivity contribution in [3.05, 3.63) is 35.9 Å². The first-order chi connectivity index (χ1) is 9.96. The van der Waals surface area contributed by atoms with Gasteiger partial charge in [0.15, 0.2) is 0 Å². The number of aliphatic hydroxyl groups is 1. The molecule has 0 aromatic heterocycles. The molecule has 2 fully saturated rings. The van der Waals surface area contributed by atoms with E-state index in [0.717, 1.165) is 25.7 Å². The first-order valence-electron chi connectivity index (χ1n) is 8.06. The summed E-state index contributed by atoms with van der Waals surface area (Å²) in [5.74, 6) is 0.459. The molecule has 3 rings (SSSR count). The molecule has 0 saturated carbocycles. The van der Waals surface area contributed by atoms with Crippen LogP contribution in [0.5, 0.6) is 0 Å². The third-order valence-electron chi connectivity index (χ3n) is 5.44. The third kappa shape index (κ3) is 2.75. The minimum Gasteiger partial charge on any atom is -0.388 e. The van der Waals surface area contributed by atoms with Crippen molar-refractivity contribution < 1.29 is 9.84 Å². The summed E-state index contributed by atoms with van der Waals surface area (Å²) in [6, 6.07) is 10.8. The van der Waals surface area contributed by atoms with Gasteiger partial charge in [0.25, 0.3) is 0 Å². The van der Waals surface area contributed by atoms with Crippen molar-refractivity contribution in [2.75, 3.05) is 7.05 Å². The summed E-state index contributed by atoms with van der Waals surface area (Å²) in [5, 5.41) is 14.1. The molecule has 3 nitrogen and oxygen atoms in total. The molecule has 5 atom stereocenters. The van der Waals surface area contributed by atoms with Crippen molar-refractivity contribution in [1.82, 2.24) is 5.32 Å². The number of nitrogens with one attached hydrogen (secondary N) is 1. The van der Waals surface area contributed by atoms with E-state index in [1.807, 2.05) is 7.05 Å². The van der Waals surface area contributed by atoms with Crippen molar-refractivity contribution in [1.29, 1.82) is 0 Å². The first-order valence-corrected chi connectivity index (χ1v) is 8.06. The minimum atomic E-state index is -0.475. The lowest BCUT2D eigenvalue weighted by molar-refractivity contribution is -0.212. The zero-order valence-corrected chi connectivity index (χ0v) is 13.3. The van der Waals surface area contributed by atoms with Crippen LogP contribution in [-0.4, -0.2) is 35.5 Å². The van der Waals surface area contributed by atoms with Crippen LogP contribution in [0.4, 0.5) is 0 Å². The zero-order valence-electron chi connectivity index (χ0n) is 13.3. The van der Waals surface area contributed by atoms with Crippen LogP contribution in [-0.2, 0) is 4.74 Å². The Morgan fingerprint density at radius 3 is 2.57 bits per heavy atom. The van der Waals surface area contributed by atoms with Crippen LogP contribution < -0.4 is 5.32 Å². The summed E-state index contributed by atoms with van der Waals surface area (Å²) >= 11 is 0. The molecular weight excluding hydrogens is 262 g/mol. The number of fused-ring (bicyclic) bond motifs is 2. The van der Waals surface area contributed by atoms with Crippen LogP contribution in [0.3, 0.4) is 0 Å². The molecule has 1 aromatic rings. The largest absolute Gasteiger partial charge is 0.388 e. The van der Waals surface area contributed by atoms with Gasteiger partial charge < -0.3 is 15.2 Å². The van der Waals surface area contributed by atoms with Gasteiger partial charge in [-0.25, -0.2) is 0 Å². The summed E-state index contributed by atoms with van der Waals surface area (Å²) in [6.45, 7) is 4.30. The van der Waals surface area contributed by atoms with Gasteiger partial charge in [0.2, 0.25) is 0 Å².